The van der Waals surface area contributed by atoms with Crippen molar-refractivity contribution in [2.45, 2.75) is 13.3 Å². The third kappa shape index (κ3) is 3.85. The van der Waals surface area contributed by atoms with Crippen LogP contribution in [0.5, 0.6) is 11.5 Å². The summed E-state index contributed by atoms with van der Waals surface area (Å²) >= 11 is 0. The second-order valence-electron chi connectivity index (χ2n) is 4.34. The average Bonchev–Trinajstić information content (AvgIpc) is 2.52. The molecule has 0 fully saturated rings. The van der Waals surface area contributed by atoms with Crippen LogP contribution >= 0.6 is 0 Å². The van der Waals surface area contributed by atoms with E-state index >= 15 is 0 Å². The lowest BCUT2D eigenvalue weighted by Gasteiger charge is -2.07. The first-order chi connectivity index (χ1) is 9.83. The summed E-state index contributed by atoms with van der Waals surface area (Å²) in [4.78, 5) is 4.46. The van der Waals surface area contributed by atoms with Gasteiger partial charge in [0.15, 0.2) is 0 Å². The largest absolute Gasteiger partial charge is 0.497 e. The fourth-order valence-electron chi connectivity index (χ4n) is 1.74. The van der Waals surface area contributed by atoms with Gasteiger partial charge in [-0.2, -0.15) is 0 Å². The van der Waals surface area contributed by atoms with E-state index in [0.29, 0.717) is 6.61 Å². The molecule has 0 aromatic heterocycles. The van der Waals surface area contributed by atoms with Crippen LogP contribution in [0.4, 0.5) is 5.69 Å². The second-order valence-corrected chi connectivity index (χ2v) is 4.34. The highest BCUT2D eigenvalue weighted by Gasteiger charge is 1.99. The van der Waals surface area contributed by atoms with Crippen LogP contribution in [0, 0.1) is 0 Å². The van der Waals surface area contributed by atoms with Gasteiger partial charge in [-0.05, 0) is 42.8 Å². The van der Waals surface area contributed by atoms with Crippen molar-refractivity contribution < 1.29 is 9.47 Å². The van der Waals surface area contributed by atoms with Crippen LogP contribution in [-0.2, 0) is 0 Å². The molecule has 0 saturated heterocycles. The molecule has 0 bridgehead atoms. The quantitative estimate of drug-likeness (QED) is 0.734. The zero-order valence-electron chi connectivity index (χ0n) is 11.9. The molecule has 0 saturated carbocycles. The monoisotopic (exact) mass is 269 g/mol. The number of hydrogen-bond donors (Lipinski definition) is 0. The van der Waals surface area contributed by atoms with Crippen molar-refractivity contribution in [3.05, 3.63) is 54.1 Å². The third-order valence-corrected chi connectivity index (χ3v) is 2.81. The number of methoxy groups -OCH3 is 1. The van der Waals surface area contributed by atoms with Gasteiger partial charge in [-0.1, -0.05) is 19.1 Å². The number of para-hydroxylation sites is 1. The molecular formula is C17H19NO2. The van der Waals surface area contributed by atoms with Gasteiger partial charge in [0.25, 0.3) is 0 Å². The van der Waals surface area contributed by atoms with Crippen LogP contribution in [0.3, 0.4) is 0 Å². The summed E-state index contributed by atoms with van der Waals surface area (Å²) in [6.07, 6.45) is 2.82. The zero-order valence-corrected chi connectivity index (χ0v) is 11.9. The molecule has 20 heavy (non-hydrogen) atoms. The van der Waals surface area contributed by atoms with E-state index in [1.165, 1.54) is 0 Å². The number of hydrogen-bond acceptors (Lipinski definition) is 3. The van der Waals surface area contributed by atoms with Crippen LogP contribution in [-0.4, -0.2) is 19.9 Å². The van der Waals surface area contributed by atoms with E-state index in [1.54, 1.807) is 7.11 Å². The van der Waals surface area contributed by atoms with Crippen LogP contribution < -0.4 is 9.47 Å². The molecule has 3 heteroatoms. The SMILES string of the molecule is CCCOc1ccccc1C=Nc1ccc(OC)cc1. The van der Waals surface area contributed by atoms with Crippen LogP contribution in [0.1, 0.15) is 18.9 Å². The van der Waals surface area contributed by atoms with Crippen molar-refractivity contribution >= 4 is 11.9 Å². The average molecular weight is 269 g/mol. The molecule has 2 aromatic carbocycles. The van der Waals surface area contributed by atoms with E-state index in [1.807, 2.05) is 54.7 Å². The highest BCUT2D eigenvalue weighted by Crippen LogP contribution is 2.20. The van der Waals surface area contributed by atoms with E-state index in [0.717, 1.165) is 29.2 Å². The Morgan fingerprint density at radius 2 is 1.80 bits per heavy atom. The van der Waals surface area contributed by atoms with Crippen LogP contribution in [0.2, 0.25) is 0 Å². The number of rotatable bonds is 6. The third-order valence-electron chi connectivity index (χ3n) is 2.81. The minimum absolute atomic E-state index is 0.716. The summed E-state index contributed by atoms with van der Waals surface area (Å²) in [6, 6.07) is 15.5. The molecule has 0 N–H and O–H groups in total. The summed E-state index contributed by atoms with van der Waals surface area (Å²) < 4.78 is 10.8. The van der Waals surface area contributed by atoms with Gasteiger partial charge in [0.05, 0.1) is 19.4 Å². The zero-order chi connectivity index (χ0) is 14.2. The maximum absolute atomic E-state index is 5.70. The Morgan fingerprint density at radius 3 is 2.50 bits per heavy atom. The van der Waals surface area contributed by atoms with Gasteiger partial charge in [-0.3, -0.25) is 4.99 Å². The van der Waals surface area contributed by atoms with E-state index in [2.05, 4.69) is 11.9 Å². The molecule has 0 spiro atoms. The number of aliphatic imine (C=N–C) groups is 1. The lowest BCUT2D eigenvalue weighted by molar-refractivity contribution is 0.317. The van der Waals surface area contributed by atoms with Gasteiger partial charge in [0.2, 0.25) is 0 Å². The molecule has 0 aliphatic heterocycles. The lowest BCUT2D eigenvalue weighted by atomic mass is 10.2. The summed E-state index contributed by atoms with van der Waals surface area (Å²) in [5, 5.41) is 0. The molecule has 104 valence electrons. The van der Waals surface area contributed by atoms with Gasteiger partial charge in [-0.15, -0.1) is 0 Å². The Hall–Kier alpha value is -2.29. The predicted octanol–water partition coefficient (Wildman–Crippen LogP) is 4.23. The molecule has 2 aromatic rings. The van der Waals surface area contributed by atoms with Crippen LogP contribution in [0.15, 0.2) is 53.5 Å². The van der Waals surface area contributed by atoms with Crippen molar-refractivity contribution in [3.8, 4) is 11.5 Å². The Morgan fingerprint density at radius 1 is 1.05 bits per heavy atom. The van der Waals surface area contributed by atoms with E-state index in [-0.39, 0.29) is 0 Å². The molecule has 2 rings (SSSR count). The Balaban J connectivity index is 2.13. The van der Waals surface area contributed by atoms with Gasteiger partial charge in [0.1, 0.15) is 11.5 Å². The summed E-state index contributed by atoms with van der Waals surface area (Å²) in [7, 11) is 1.65. The Labute approximate surface area is 119 Å². The minimum Gasteiger partial charge on any atom is -0.497 e. The molecule has 0 aliphatic carbocycles. The highest BCUT2D eigenvalue weighted by molar-refractivity contribution is 5.85. The lowest BCUT2D eigenvalue weighted by Crippen LogP contribution is -1.98. The molecule has 0 unspecified atom stereocenters. The first-order valence-corrected chi connectivity index (χ1v) is 6.73. The smallest absolute Gasteiger partial charge is 0.128 e. The summed E-state index contributed by atoms with van der Waals surface area (Å²) in [6.45, 7) is 2.81. The molecule has 3 nitrogen and oxygen atoms in total. The molecule has 0 heterocycles. The fourth-order valence-corrected chi connectivity index (χ4v) is 1.74. The van der Waals surface area contributed by atoms with E-state index in [9.17, 15) is 0 Å². The summed E-state index contributed by atoms with van der Waals surface area (Å²) in [5.41, 5.74) is 1.87. The van der Waals surface area contributed by atoms with Gasteiger partial charge >= 0.3 is 0 Å². The van der Waals surface area contributed by atoms with Gasteiger partial charge < -0.3 is 9.47 Å². The van der Waals surface area contributed by atoms with E-state index in [4.69, 9.17) is 9.47 Å². The number of benzene rings is 2. The fraction of sp³-hybridized carbons (Fsp3) is 0.235. The Bertz CT molecular complexity index is 561. The topological polar surface area (TPSA) is 30.8 Å². The molecule has 0 aliphatic rings. The van der Waals surface area contributed by atoms with Crippen molar-refractivity contribution in [1.29, 1.82) is 0 Å². The second kappa shape index (κ2) is 7.34. The van der Waals surface area contributed by atoms with Crippen molar-refractivity contribution in [2.75, 3.05) is 13.7 Å². The van der Waals surface area contributed by atoms with Crippen LogP contribution in [0.25, 0.3) is 0 Å². The molecular weight excluding hydrogens is 250 g/mol. The predicted molar refractivity (Wildman–Crippen MR) is 82.5 cm³/mol. The molecule has 0 amide bonds. The first-order valence-electron chi connectivity index (χ1n) is 6.73. The number of nitrogens with zero attached hydrogens (tertiary/aromatic N) is 1. The molecule has 0 atom stereocenters. The maximum atomic E-state index is 5.70. The van der Waals surface area contributed by atoms with E-state index < -0.39 is 0 Å². The standard InChI is InChI=1S/C17H19NO2/c1-3-12-20-17-7-5-4-6-14(17)13-18-15-8-10-16(19-2)11-9-15/h4-11,13H,3,12H2,1-2H3. The van der Waals surface area contributed by atoms with Crippen molar-refractivity contribution in [2.24, 2.45) is 4.99 Å². The first kappa shape index (κ1) is 14.1. The Kier molecular flexibility index (Phi) is 5.18. The minimum atomic E-state index is 0.716. The normalized spacial score (nSPS) is 10.7. The van der Waals surface area contributed by atoms with Gasteiger partial charge in [-0.25, -0.2) is 0 Å². The van der Waals surface area contributed by atoms with Gasteiger partial charge in [0, 0.05) is 11.8 Å². The summed E-state index contributed by atoms with van der Waals surface area (Å²) in [5.74, 6) is 1.70. The van der Waals surface area contributed by atoms with Crippen molar-refractivity contribution in [1.82, 2.24) is 0 Å². The maximum Gasteiger partial charge on any atom is 0.128 e. The highest BCUT2D eigenvalue weighted by atomic mass is 16.5. The molecule has 0 radical (unpaired) electrons. The number of ether oxygens (including phenoxy) is 2. The van der Waals surface area contributed by atoms with Crippen molar-refractivity contribution in [3.63, 3.8) is 0 Å².